The van der Waals surface area contributed by atoms with Crippen LogP contribution in [0, 0.1) is 23.2 Å². The Bertz CT molecular complexity index is 343. The Labute approximate surface area is 112 Å². The zero-order valence-corrected chi connectivity index (χ0v) is 11.9. The fraction of sp³-hybridized carbons (Fsp3) is 0.692. The van der Waals surface area contributed by atoms with E-state index >= 15 is 0 Å². The first kappa shape index (κ1) is 14.7. The first-order valence-corrected chi connectivity index (χ1v) is 6.52. The average Bonchev–Trinajstić information content (AvgIpc) is 2.65. The summed E-state index contributed by atoms with van der Waals surface area (Å²) in [6.07, 6.45) is 3.60. The van der Waals surface area contributed by atoms with Crippen LogP contribution in [-0.2, 0) is 9.59 Å². The van der Waals surface area contributed by atoms with Crippen molar-refractivity contribution in [3.63, 3.8) is 0 Å². The Morgan fingerprint density at radius 1 is 1.41 bits per heavy atom. The highest BCUT2D eigenvalue weighted by molar-refractivity contribution is 6.55. The summed E-state index contributed by atoms with van der Waals surface area (Å²) in [7, 11) is 0. The van der Waals surface area contributed by atoms with Crippen molar-refractivity contribution in [1.29, 1.82) is 0 Å². The lowest BCUT2D eigenvalue weighted by molar-refractivity contribution is -0.118. The number of carbonyl (C=O) groups is 2. The van der Waals surface area contributed by atoms with Gasteiger partial charge in [-0.05, 0) is 30.1 Å². The topological polar surface area (TPSA) is 34.1 Å². The highest BCUT2D eigenvalue weighted by Gasteiger charge is 2.59. The van der Waals surface area contributed by atoms with Crippen molar-refractivity contribution < 1.29 is 9.59 Å². The van der Waals surface area contributed by atoms with Crippen LogP contribution in [-0.4, -0.2) is 12.1 Å². The molecule has 0 aromatic carbocycles. The number of rotatable bonds is 6. The van der Waals surface area contributed by atoms with E-state index in [0.29, 0.717) is 18.8 Å². The van der Waals surface area contributed by atoms with E-state index in [-0.39, 0.29) is 27.5 Å². The summed E-state index contributed by atoms with van der Waals surface area (Å²) in [5.41, 5.74) is 0.0676. The summed E-state index contributed by atoms with van der Waals surface area (Å²) in [5, 5.41) is 0. The molecule has 1 rings (SSSR count). The third-order valence-corrected chi connectivity index (χ3v) is 4.01. The second-order valence-corrected chi connectivity index (χ2v) is 6.41. The van der Waals surface area contributed by atoms with Gasteiger partial charge in [0.05, 0.1) is 0 Å². The molecule has 0 bridgehead atoms. The molecule has 2 nitrogen and oxygen atoms in total. The van der Waals surface area contributed by atoms with Gasteiger partial charge in [-0.15, -0.1) is 0 Å². The van der Waals surface area contributed by atoms with Gasteiger partial charge in [-0.1, -0.05) is 43.1 Å². The van der Waals surface area contributed by atoms with Gasteiger partial charge in [0.2, 0.25) is 0 Å². The number of carbonyl (C=O) groups excluding carboxylic acids is 2. The van der Waals surface area contributed by atoms with Crippen LogP contribution in [0.15, 0.2) is 10.6 Å². The third kappa shape index (κ3) is 3.56. The number of hydrogen-bond acceptors (Lipinski definition) is 2. The summed E-state index contributed by atoms with van der Waals surface area (Å²) < 4.78 is 0.262. The first-order chi connectivity index (χ1) is 7.80. The van der Waals surface area contributed by atoms with Crippen molar-refractivity contribution in [2.75, 3.05) is 0 Å². The summed E-state index contributed by atoms with van der Waals surface area (Å²) in [6.45, 7) is 5.80. The van der Waals surface area contributed by atoms with Crippen LogP contribution in [0.1, 0.15) is 33.6 Å². The fourth-order valence-electron chi connectivity index (χ4n) is 2.92. The minimum Gasteiger partial charge on any atom is -0.303 e. The Hall–Kier alpha value is -0.340. The molecule has 17 heavy (non-hydrogen) atoms. The monoisotopic (exact) mass is 276 g/mol. The largest absolute Gasteiger partial charge is 0.303 e. The van der Waals surface area contributed by atoms with Gasteiger partial charge in [-0.2, -0.15) is 0 Å². The molecule has 0 aromatic rings. The van der Waals surface area contributed by atoms with E-state index in [9.17, 15) is 9.59 Å². The van der Waals surface area contributed by atoms with Crippen LogP contribution in [0.4, 0.5) is 0 Å². The smallest absolute Gasteiger partial charge is 0.130 e. The van der Waals surface area contributed by atoms with Crippen LogP contribution >= 0.6 is 23.2 Å². The van der Waals surface area contributed by atoms with Crippen molar-refractivity contribution in [3.05, 3.63) is 10.6 Å². The molecule has 0 radical (unpaired) electrons. The summed E-state index contributed by atoms with van der Waals surface area (Å²) in [4.78, 5) is 21.9. The molecule has 0 aromatic heterocycles. The Kier molecular flexibility index (Phi) is 4.79. The lowest BCUT2D eigenvalue weighted by Crippen LogP contribution is -2.12. The van der Waals surface area contributed by atoms with E-state index in [1.165, 1.54) is 0 Å². The number of Topliss-reactive ketones (excluding diaryl/α,β-unsaturated/α-hetero) is 1. The average molecular weight is 277 g/mol. The van der Waals surface area contributed by atoms with E-state index in [1.54, 1.807) is 6.92 Å². The SMILES string of the molecule is CC(=O)CC(CC=O)C1C(C=C(Cl)Cl)C1(C)C. The van der Waals surface area contributed by atoms with Crippen LogP contribution in [0.3, 0.4) is 0 Å². The van der Waals surface area contributed by atoms with E-state index in [4.69, 9.17) is 23.2 Å². The first-order valence-electron chi connectivity index (χ1n) is 5.76. The maximum atomic E-state index is 11.2. The van der Waals surface area contributed by atoms with Crippen LogP contribution in [0.5, 0.6) is 0 Å². The maximum Gasteiger partial charge on any atom is 0.130 e. The molecule has 96 valence electrons. The predicted molar refractivity (Wildman–Crippen MR) is 70.0 cm³/mol. The second kappa shape index (κ2) is 5.53. The number of ketones is 1. The standard InChI is InChI=1S/C13H18Cl2O2/c1-8(17)6-9(4-5-16)12-10(7-11(14)15)13(12,2)3/h5,7,9-10,12H,4,6H2,1-3H3. The van der Waals surface area contributed by atoms with Crippen molar-refractivity contribution in [3.8, 4) is 0 Å². The molecule has 0 amide bonds. The molecule has 1 aliphatic rings. The maximum absolute atomic E-state index is 11.2. The fourth-order valence-corrected chi connectivity index (χ4v) is 3.19. The zero-order chi connectivity index (χ0) is 13.2. The van der Waals surface area contributed by atoms with Crippen LogP contribution < -0.4 is 0 Å². The van der Waals surface area contributed by atoms with Gasteiger partial charge in [-0.25, -0.2) is 0 Å². The van der Waals surface area contributed by atoms with Crippen molar-refractivity contribution in [2.24, 2.45) is 23.2 Å². The van der Waals surface area contributed by atoms with Crippen molar-refractivity contribution in [2.45, 2.75) is 33.6 Å². The van der Waals surface area contributed by atoms with E-state index in [0.717, 1.165) is 6.29 Å². The Morgan fingerprint density at radius 3 is 2.41 bits per heavy atom. The summed E-state index contributed by atoms with van der Waals surface area (Å²) >= 11 is 11.4. The van der Waals surface area contributed by atoms with E-state index < -0.39 is 0 Å². The van der Waals surface area contributed by atoms with Gasteiger partial charge in [0.15, 0.2) is 0 Å². The minimum atomic E-state index is 0.0676. The van der Waals surface area contributed by atoms with E-state index in [2.05, 4.69) is 13.8 Å². The molecule has 0 saturated heterocycles. The quantitative estimate of drug-likeness (QED) is 0.693. The Balaban J connectivity index is 2.79. The molecule has 4 heteroatoms. The molecular weight excluding hydrogens is 259 g/mol. The third-order valence-electron chi connectivity index (χ3n) is 3.76. The lowest BCUT2D eigenvalue weighted by atomic mass is 9.90. The predicted octanol–water partition coefficient (Wildman–Crippen LogP) is 3.76. The highest BCUT2D eigenvalue weighted by Crippen LogP contribution is 2.64. The van der Waals surface area contributed by atoms with Crippen molar-refractivity contribution in [1.82, 2.24) is 0 Å². The van der Waals surface area contributed by atoms with Gasteiger partial charge in [-0.3, -0.25) is 0 Å². The molecule has 0 spiro atoms. The number of allylic oxidation sites excluding steroid dienone is 1. The molecule has 0 heterocycles. The Morgan fingerprint density at radius 2 is 2.00 bits per heavy atom. The van der Waals surface area contributed by atoms with Crippen LogP contribution in [0.2, 0.25) is 0 Å². The molecular formula is C13H18Cl2O2. The number of aldehydes is 1. The van der Waals surface area contributed by atoms with Gasteiger partial charge in [0, 0.05) is 12.8 Å². The summed E-state index contributed by atoms with van der Waals surface area (Å²) in [6, 6.07) is 0. The van der Waals surface area contributed by atoms with E-state index in [1.807, 2.05) is 6.08 Å². The molecule has 1 fully saturated rings. The second-order valence-electron chi connectivity index (χ2n) is 5.40. The van der Waals surface area contributed by atoms with Gasteiger partial charge < -0.3 is 9.59 Å². The molecule has 1 aliphatic carbocycles. The van der Waals surface area contributed by atoms with Gasteiger partial charge in [0.1, 0.15) is 16.6 Å². The molecule has 3 unspecified atom stereocenters. The minimum absolute atomic E-state index is 0.0676. The molecule has 0 aliphatic heterocycles. The zero-order valence-electron chi connectivity index (χ0n) is 10.4. The lowest BCUT2D eigenvalue weighted by Gasteiger charge is -2.13. The number of hydrogen-bond donors (Lipinski definition) is 0. The normalized spacial score (nSPS) is 27.1. The van der Waals surface area contributed by atoms with Crippen molar-refractivity contribution >= 4 is 35.3 Å². The molecule has 0 N–H and O–H groups in total. The summed E-state index contributed by atoms with van der Waals surface area (Å²) in [5.74, 6) is 0.800. The molecule has 3 atom stereocenters. The van der Waals surface area contributed by atoms with Crippen LogP contribution in [0.25, 0.3) is 0 Å². The van der Waals surface area contributed by atoms with Gasteiger partial charge >= 0.3 is 0 Å². The number of halogens is 2. The highest BCUT2D eigenvalue weighted by atomic mass is 35.5. The van der Waals surface area contributed by atoms with Gasteiger partial charge in [0.25, 0.3) is 0 Å². The molecule has 1 saturated carbocycles.